The summed E-state index contributed by atoms with van der Waals surface area (Å²) in [5, 5.41) is 19.6. The summed E-state index contributed by atoms with van der Waals surface area (Å²) in [5.74, 6) is -1.29. The highest BCUT2D eigenvalue weighted by atomic mass is 35.5. The fourth-order valence-electron chi connectivity index (χ4n) is 3.90. The van der Waals surface area contributed by atoms with Crippen molar-refractivity contribution in [2.75, 3.05) is 23.5 Å². The van der Waals surface area contributed by atoms with E-state index in [9.17, 15) is 19.2 Å². The number of furan rings is 1. The van der Waals surface area contributed by atoms with Crippen LogP contribution >= 0.6 is 23.4 Å². The van der Waals surface area contributed by atoms with Gasteiger partial charge in [-0.2, -0.15) is 5.26 Å². The first-order valence-electron chi connectivity index (χ1n) is 11.3. The molecular weight excluding hydrogens is 531 g/mol. The predicted molar refractivity (Wildman–Crippen MR) is 144 cm³/mol. The number of thioether (sulfide) groups is 1. The number of nitrogens with zero attached hydrogens (tertiary/aromatic N) is 1. The molecule has 0 fully saturated rings. The Bertz CT molecular complexity index is 1460. The lowest BCUT2D eigenvalue weighted by atomic mass is 9.85. The van der Waals surface area contributed by atoms with Crippen LogP contribution in [0.4, 0.5) is 15.8 Å². The first kappa shape index (κ1) is 26.9. The largest absolute Gasteiger partial charge is 0.495 e. The van der Waals surface area contributed by atoms with Gasteiger partial charge in [-0.05, 0) is 61.5 Å². The molecule has 1 aliphatic heterocycles. The van der Waals surface area contributed by atoms with Crippen LogP contribution in [0.2, 0.25) is 5.02 Å². The molecule has 4 rings (SSSR count). The second-order valence-corrected chi connectivity index (χ2v) is 9.53. The summed E-state index contributed by atoms with van der Waals surface area (Å²) in [7, 11) is 1.48. The number of nitriles is 1. The van der Waals surface area contributed by atoms with E-state index in [0.29, 0.717) is 38.6 Å². The van der Waals surface area contributed by atoms with Crippen LogP contribution in [-0.4, -0.2) is 24.7 Å². The van der Waals surface area contributed by atoms with Gasteiger partial charge in [0, 0.05) is 16.4 Å². The number of allylic oxidation sites excluding steroid dienone is 2. The Morgan fingerprint density at radius 1 is 1.21 bits per heavy atom. The smallest absolute Gasteiger partial charge is 0.254 e. The molecule has 0 spiro atoms. The van der Waals surface area contributed by atoms with Gasteiger partial charge in [-0.1, -0.05) is 23.4 Å². The first-order chi connectivity index (χ1) is 18.3. The molecule has 0 bridgehead atoms. The number of hydrogen-bond acceptors (Lipinski definition) is 7. The number of halogens is 2. The van der Waals surface area contributed by atoms with Gasteiger partial charge in [0.15, 0.2) is 0 Å². The van der Waals surface area contributed by atoms with Crippen molar-refractivity contribution in [3.8, 4) is 11.8 Å². The van der Waals surface area contributed by atoms with Gasteiger partial charge in [0.2, 0.25) is 5.91 Å². The summed E-state index contributed by atoms with van der Waals surface area (Å²) >= 11 is 7.15. The Kier molecular flexibility index (Phi) is 8.41. The Hall–Kier alpha value is -4.20. The minimum atomic E-state index is -0.824. The van der Waals surface area contributed by atoms with Gasteiger partial charge in [-0.15, -0.1) is 0 Å². The number of hydrogen-bond donors (Lipinski definition) is 3. The Labute approximate surface area is 227 Å². The fourth-order valence-corrected chi connectivity index (χ4v) is 4.96. The van der Waals surface area contributed by atoms with E-state index in [-0.39, 0.29) is 22.8 Å². The quantitative estimate of drug-likeness (QED) is 0.324. The van der Waals surface area contributed by atoms with Gasteiger partial charge in [0.25, 0.3) is 5.91 Å². The second kappa shape index (κ2) is 11.9. The molecule has 1 unspecified atom stereocenters. The molecule has 194 valence electrons. The molecule has 1 atom stereocenters. The number of carbonyl (C=O) groups excluding carboxylic acids is 2. The maximum Gasteiger partial charge on any atom is 0.254 e. The fraction of sp³-hybridized carbons (Fsp3) is 0.148. The van der Waals surface area contributed by atoms with Gasteiger partial charge < -0.3 is 25.1 Å². The summed E-state index contributed by atoms with van der Waals surface area (Å²) in [6.45, 7) is 1.70. The average Bonchev–Trinajstić information content (AvgIpc) is 3.43. The van der Waals surface area contributed by atoms with E-state index in [1.54, 1.807) is 37.3 Å². The van der Waals surface area contributed by atoms with Crippen LogP contribution in [0, 0.1) is 17.1 Å². The van der Waals surface area contributed by atoms with Gasteiger partial charge in [-0.25, -0.2) is 4.39 Å². The van der Waals surface area contributed by atoms with Gasteiger partial charge >= 0.3 is 0 Å². The van der Waals surface area contributed by atoms with Crippen LogP contribution in [0.5, 0.6) is 5.75 Å². The summed E-state index contributed by atoms with van der Waals surface area (Å²) < 4.78 is 24.2. The Morgan fingerprint density at radius 3 is 2.63 bits per heavy atom. The van der Waals surface area contributed by atoms with Crippen molar-refractivity contribution >= 4 is 46.6 Å². The molecule has 0 aliphatic carbocycles. The van der Waals surface area contributed by atoms with Crippen molar-refractivity contribution in [2.24, 2.45) is 0 Å². The lowest BCUT2D eigenvalue weighted by molar-refractivity contribution is -0.114. The number of dihydropyridines is 1. The minimum absolute atomic E-state index is 0.0432. The number of carbonyl (C=O) groups is 2. The molecule has 2 aromatic carbocycles. The zero-order valence-corrected chi connectivity index (χ0v) is 21.9. The molecule has 8 nitrogen and oxygen atoms in total. The third kappa shape index (κ3) is 6.02. The topological polar surface area (TPSA) is 116 Å². The summed E-state index contributed by atoms with van der Waals surface area (Å²) in [6.07, 6.45) is 1.45. The van der Waals surface area contributed by atoms with Crippen molar-refractivity contribution in [3.63, 3.8) is 0 Å². The molecule has 1 aliphatic rings. The maximum absolute atomic E-state index is 13.3. The van der Waals surface area contributed by atoms with Crippen LogP contribution in [0.1, 0.15) is 18.6 Å². The average molecular weight is 553 g/mol. The molecule has 0 saturated heterocycles. The molecule has 1 aromatic heterocycles. The molecule has 2 amide bonds. The van der Waals surface area contributed by atoms with Crippen molar-refractivity contribution in [2.45, 2.75) is 12.8 Å². The van der Waals surface area contributed by atoms with Crippen LogP contribution in [-0.2, 0) is 9.59 Å². The van der Waals surface area contributed by atoms with Crippen LogP contribution in [0.15, 0.2) is 87.1 Å². The van der Waals surface area contributed by atoms with Gasteiger partial charge in [0.05, 0.1) is 53.0 Å². The SMILES string of the molecule is COc1ccc(Cl)cc1NC(=O)CSC1=C(C#N)C(c2ccco2)C(C(=O)Nc2ccc(F)cc2)=C(C)N1. The van der Waals surface area contributed by atoms with E-state index < -0.39 is 17.6 Å². The highest BCUT2D eigenvalue weighted by Crippen LogP contribution is 2.41. The number of nitrogens with one attached hydrogen (secondary N) is 3. The second-order valence-electron chi connectivity index (χ2n) is 8.11. The Morgan fingerprint density at radius 2 is 1.97 bits per heavy atom. The lowest BCUT2D eigenvalue weighted by Gasteiger charge is -2.28. The molecule has 11 heteroatoms. The highest BCUT2D eigenvalue weighted by Gasteiger charge is 2.36. The number of rotatable bonds is 8. The minimum Gasteiger partial charge on any atom is -0.495 e. The zero-order chi connectivity index (χ0) is 27.2. The third-order valence-electron chi connectivity index (χ3n) is 5.61. The predicted octanol–water partition coefficient (Wildman–Crippen LogP) is 5.79. The van der Waals surface area contributed by atoms with Gasteiger partial charge in [0.1, 0.15) is 17.3 Å². The van der Waals surface area contributed by atoms with Gasteiger partial charge in [-0.3, -0.25) is 9.59 Å². The van der Waals surface area contributed by atoms with E-state index >= 15 is 0 Å². The third-order valence-corrected chi connectivity index (χ3v) is 6.86. The standard InChI is InChI=1S/C27H22ClFN4O4S/c1-15-24(26(35)32-18-8-6-17(29)7-9-18)25(22-4-3-11-37-22)19(13-30)27(31-15)38-14-23(34)33-20-12-16(28)5-10-21(20)36-2/h3-12,25,31H,14H2,1-2H3,(H,32,35)(H,33,34). The van der Waals surface area contributed by atoms with Crippen LogP contribution in [0.25, 0.3) is 0 Å². The summed E-state index contributed by atoms with van der Waals surface area (Å²) in [6, 6.07) is 15.7. The number of ether oxygens (including phenoxy) is 1. The normalized spacial score (nSPS) is 15.0. The molecule has 2 heterocycles. The molecule has 3 aromatic rings. The van der Waals surface area contributed by atoms with E-state index in [1.807, 2.05) is 0 Å². The zero-order valence-electron chi connectivity index (χ0n) is 20.3. The molecule has 3 N–H and O–H groups in total. The highest BCUT2D eigenvalue weighted by molar-refractivity contribution is 8.03. The van der Waals surface area contributed by atoms with Crippen molar-refractivity contribution in [3.05, 3.63) is 99.3 Å². The summed E-state index contributed by atoms with van der Waals surface area (Å²) in [5.41, 5.74) is 1.77. The molecule has 38 heavy (non-hydrogen) atoms. The number of anilines is 2. The van der Waals surface area contributed by atoms with Crippen molar-refractivity contribution < 1.29 is 23.1 Å². The lowest BCUT2D eigenvalue weighted by Crippen LogP contribution is -2.31. The maximum atomic E-state index is 13.3. The Balaban J connectivity index is 1.57. The van der Waals surface area contributed by atoms with E-state index in [4.69, 9.17) is 20.8 Å². The number of methoxy groups -OCH3 is 1. The molecule has 0 radical (unpaired) electrons. The van der Waals surface area contributed by atoms with E-state index in [0.717, 1.165) is 11.8 Å². The number of benzene rings is 2. The van der Waals surface area contributed by atoms with Crippen LogP contribution < -0.4 is 20.7 Å². The number of amides is 2. The van der Waals surface area contributed by atoms with Crippen molar-refractivity contribution in [1.82, 2.24) is 5.32 Å². The molecule has 0 saturated carbocycles. The monoisotopic (exact) mass is 552 g/mol. The summed E-state index contributed by atoms with van der Waals surface area (Å²) in [4.78, 5) is 26.1. The first-order valence-corrected chi connectivity index (χ1v) is 12.7. The van der Waals surface area contributed by atoms with E-state index in [2.05, 4.69) is 22.0 Å². The molecular formula is C27H22ClFN4O4S. The van der Waals surface area contributed by atoms with Crippen LogP contribution in [0.3, 0.4) is 0 Å². The van der Waals surface area contributed by atoms with Crippen molar-refractivity contribution in [1.29, 1.82) is 5.26 Å². The van der Waals surface area contributed by atoms with E-state index in [1.165, 1.54) is 37.6 Å².